The molecule has 0 atom stereocenters. The van der Waals surface area contributed by atoms with Crippen molar-refractivity contribution in [1.82, 2.24) is 15.1 Å². The summed E-state index contributed by atoms with van der Waals surface area (Å²) in [5.74, 6) is 1.04. The molecule has 2 fully saturated rings. The van der Waals surface area contributed by atoms with E-state index in [-0.39, 0.29) is 5.91 Å². The standard InChI is InChI=1S/C18H27N3O/c1-15-6-10-20(11-7-15)14-16-4-2-3-5-17(16)18(22)21-12-8-19-9-13-21/h2-5,15,19H,6-14H2,1H3. The molecule has 4 heteroatoms. The fourth-order valence-electron chi connectivity index (χ4n) is 3.37. The van der Waals surface area contributed by atoms with Gasteiger partial charge in [0, 0.05) is 38.3 Å². The zero-order valence-corrected chi connectivity index (χ0v) is 13.6. The Hall–Kier alpha value is -1.39. The molecule has 4 nitrogen and oxygen atoms in total. The minimum atomic E-state index is 0.197. The molecule has 3 rings (SSSR count). The van der Waals surface area contributed by atoms with Crippen molar-refractivity contribution >= 4 is 5.91 Å². The van der Waals surface area contributed by atoms with Crippen molar-refractivity contribution in [2.45, 2.75) is 26.3 Å². The minimum Gasteiger partial charge on any atom is -0.336 e. The number of piperazine rings is 1. The Balaban J connectivity index is 1.70. The smallest absolute Gasteiger partial charge is 0.254 e. The average molecular weight is 301 g/mol. The van der Waals surface area contributed by atoms with E-state index in [1.54, 1.807) is 0 Å². The summed E-state index contributed by atoms with van der Waals surface area (Å²) in [4.78, 5) is 17.3. The van der Waals surface area contributed by atoms with Crippen molar-refractivity contribution in [1.29, 1.82) is 0 Å². The molecular weight excluding hydrogens is 274 g/mol. The Bertz CT molecular complexity index is 503. The molecule has 0 radical (unpaired) electrons. The lowest BCUT2D eigenvalue weighted by Gasteiger charge is -2.32. The highest BCUT2D eigenvalue weighted by Crippen LogP contribution is 2.20. The molecule has 1 aromatic carbocycles. The molecule has 1 amide bonds. The number of benzene rings is 1. The summed E-state index contributed by atoms with van der Waals surface area (Å²) in [6.07, 6.45) is 2.54. The van der Waals surface area contributed by atoms with Gasteiger partial charge in [-0.2, -0.15) is 0 Å². The maximum Gasteiger partial charge on any atom is 0.254 e. The third kappa shape index (κ3) is 3.68. The number of nitrogens with one attached hydrogen (secondary N) is 1. The van der Waals surface area contributed by atoms with Crippen LogP contribution in [0.1, 0.15) is 35.7 Å². The number of hydrogen-bond donors (Lipinski definition) is 1. The fourth-order valence-corrected chi connectivity index (χ4v) is 3.37. The number of nitrogens with zero attached hydrogens (tertiary/aromatic N) is 2. The molecule has 0 saturated carbocycles. The van der Waals surface area contributed by atoms with Crippen molar-refractivity contribution in [3.05, 3.63) is 35.4 Å². The van der Waals surface area contributed by atoms with Gasteiger partial charge in [0.1, 0.15) is 0 Å². The van der Waals surface area contributed by atoms with Gasteiger partial charge >= 0.3 is 0 Å². The Labute approximate surface area is 133 Å². The number of amides is 1. The maximum atomic E-state index is 12.8. The first kappa shape index (κ1) is 15.5. The SMILES string of the molecule is CC1CCN(Cc2ccccc2C(=O)N2CCNCC2)CC1. The highest BCUT2D eigenvalue weighted by molar-refractivity contribution is 5.95. The molecule has 2 heterocycles. The summed E-state index contributed by atoms with van der Waals surface area (Å²) < 4.78 is 0. The molecule has 0 unspecified atom stereocenters. The lowest BCUT2D eigenvalue weighted by molar-refractivity contribution is 0.0733. The highest BCUT2D eigenvalue weighted by Gasteiger charge is 2.22. The van der Waals surface area contributed by atoms with Gasteiger partial charge < -0.3 is 10.2 Å². The average Bonchev–Trinajstić information content (AvgIpc) is 2.58. The molecule has 2 aliphatic rings. The molecule has 1 aromatic rings. The van der Waals surface area contributed by atoms with Crippen LogP contribution in [0.2, 0.25) is 0 Å². The third-order valence-electron chi connectivity index (χ3n) is 4.92. The summed E-state index contributed by atoms with van der Waals surface area (Å²) in [6, 6.07) is 8.15. The first-order chi connectivity index (χ1) is 10.7. The summed E-state index contributed by atoms with van der Waals surface area (Å²) in [6.45, 7) is 8.97. The van der Waals surface area contributed by atoms with Crippen LogP contribution in [-0.4, -0.2) is 55.0 Å². The van der Waals surface area contributed by atoms with Gasteiger partial charge in [-0.3, -0.25) is 9.69 Å². The molecule has 0 bridgehead atoms. The second kappa shape index (κ2) is 7.25. The zero-order chi connectivity index (χ0) is 15.4. The van der Waals surface area contributed by atoms with Gasteiger partial charge in [0.05, 0.1) is 0 Å². The predicted octanol–water partition coefficient (Wildman–Crippen LogP) is 1.96. The van der Waals surface area contributed by atoms with Crippen molar-refractivity contribution in [3.63, 3.8) is 0 Å². The quantitative estimate of drug-likeness (QED) is 0.927. The highest BCUT2D eigenvalue weighted by atomic mass is 16.2. The van der Waals surface area contributed by atoms with Gasteiger partial charge in [-0.15, -0.1) is 0 Å². The van der Waals surface area contributed by atoms with Crippen molar-refractivity contribution in [2.75, 3.05) is 39.3 Å². The van der Waals surface area contributed by atoms with Crippen LogP contribution in [0.5, 0.6) is 0 Å². The monoisotopic (exact) mass is 301 g/mol. The lowest BCUT2D eigenvalue weighted by Crippen LogP contribution is -2.46. The van der Waals surface area contributed by atoms with E-state index < -0.39 is 0 Å². The van der Waals surface area contributed by atoms with E-state index in [2.05, 4.69) is 29.3 Å². The van der Waals surface area contributed by atoms with Gasteiger partial charge in [0.25, 0.3) is 5.91 Å². The van der Waals surface area contributed by atoms with Crippen LogP contribution in [0, 0.1) is 5.92 Å². The lowest BCUT2D eigenvalue weighted by atomic mass is 9.98. The number of likely N-dealkylation sites (tertiary alicyclic amines) is 1. The van der Waals surface area contributed by atoms with Crippen LogP contribution in [0.15, 0.2) is 24.3 Å². The minimum absolute atomic E-state index is 0.197. The molecule has 0 aliphatic carbocycles. The van der Waals surface area contributed by atoms with E-state index in [0.29, 0.717) is 0 Å². The van der Waals surface area contributed by atoms with Crippen LogP contribution in [-0.2, 0) is 6.54 Å². The van der Waals surface area contributed by atoms with Gasteiger partial charge in [0.2, 0.25) is 0 Å². The van der Waals surface area contributed by atoms with E-state index in [0.717, 1.165) is 57.3 Å². The summed E-state index contributed by atoms with van der Waals surface area (Å²) >= 11 is 0. The normalized spacial score (nSPS) is 21.0. The van der Waals surface area contributed by atoms with E-state index in [9.17, 15) is 4.79 Å². The summed E-state index contributed by atoms with van der Waals surface area (Å²) in [7, 11) is 0. The van der Waals surface area contributed by atoms with Crippen molar-refractivity contribution < 1.29 is 4.79 Å². The first-order valence-corrected chi connectivity index (χ1v) is 8.54. The van der Waals surface area contributed by atoms with E-state index >= 15 is 0 Å². The van der Waals surface area contributed by atoms with Crippen molar-refractivity contribution in [3.8, 4) is 0 Å². The van der Waals surface area contributed by atoms with E-state index in [4.69, 9.17) is 0 Å². The number of hydrogen-bond acceptors (Lipinski definition) is 3. The zero-order valence-electron chi connectivity index (χ0n) is 13.6. The Kier molecular flexibility index (Phi) is 5.11. The molecule has 2 saturated heterocycles. The molecule has 1 N–H and O–H groups in total. The Morgan fingerprint density at radius 1 is 1.14 bits per heavy atom. The van der Waals surface area contributed by atoms with Crippen LogP contribution in [0.4, 0.5) is 0 Å². The Morgan fingerprint density at radius 3 is 2.55 bits per heavy atom. The van der Waals surface area contributed by atoms with E-state index in [1.807, 2.05) is 17.0 Å². The van der Waals surface area contributed by atoms with Gasteiger partial charge in [-0.1, -0.05) is 25.1 Å². The summed E-state index contributed by atoms with van der Waals surface area (Å²) in [5, 5.41) is 3.30. The van der Waals surface area contributed by atoms with Crippen molar-refractivity contribution in [2.24, 2.45) is 5.92 Å². The van der Waals surface area contributed by atoms with Gasteiger partial charge in [-0.05, 0) is 43.5 Å². The third-order valence-corrected chi connectivity index (χ3v) is 4.92. The largest absolute Gasteiger partial charge is 0.336 e. The fraction of sp³-hybridized carbons (Fsp3) is 0.611. The second-order valence-corrected chi connectivity index (χ2v) is 6.66. The molecule has 0 aromatic heterocycles. The number of carbonyl (C=O) groups is 1. The molecule has 2 aliphatic heterocycles. The molecule has 0 spiro atoms. The summed E-state index contributed by atoms with van der Waals surface area (Å²) in [5.41, 5.74) is 2.07. The predicted molar refractivity (Wildman–Crippen MR) is 88.9 cm³/mol. The van der Waals surface area contributed by atoms with Gasteiger partial charge in [-0.25, -0.2) is 0 Å². The van der Waals surface area contributed by atoms with Crippen LogP contribution in [0.3, 0.4) is 0 Å². The maximum absolute atomic E-state index is 12.8. The molecule has 120 valence electrons. The number of rotatable bonds is 3. The first-order valence-electron chi connectivity index (χ1n) is 8.54. The van der Waals surface area contributed by atoms with Crippen LogP contribution in [0.25, 0.3) is 0 Å². The van der Waals surface area contributed by atoms with Gasteiger partial charge in [0.15, 0.2) is 0 Å². The Morgan fingerprint density at radius 2 is 1.82 bits per heavy atom. The van der Waals surface area contributed by atoms with E-state index in [1.165, 1.54) is 18.4 Å². The van der Waals surface area contributed by atoms with Crippen LogP contribution >= 0.6 is 0 Å². The molecule has 22 heavy (non-hydrogen) atoms. The molecular formula is C18H27N3O. The number of carbonyl (C=O) groups excluding carboxylic acids is 1. The number of piperidine rings is 1. The van der Waals surface area contributed by atoms with Crippen LogP contribution < -0.4 is 5.32 Å². The topological polar surface area (TPSA) is 35.6 Å². The second-order valence-electron chi connectivity index (χ2n) is 6.66.